The molecular formula is C10H11NS2. The lowest BCUT2D eigenvalue weighted by molar-refractivity contribution is 1.14. The largest absolute Gasteiger partial charge is 0.230 e. The summed E-state index contributed by atoms with van der Waals surface area (Å²) in [6.45, 7) is 2.17. The van der Waals surface area contributed by atoms with Crippen molar-refractivity contribution in [1.29, 1.82) is 0 Å². The quantitative estimate of drug-likeness (QED) is 0.701. The van der Waals surface area contributed by atoms with E-state index in [0.29, 0.717) is 0 Å². The van der Waals surface area contributed by atoms with Gasteiger partial charge in [0.15, 0.2) is 4.34 Å². The van der Waals surface area contributed by atoms with E-state index in [-0.39, 0.29) is 0 Å². The molecule has 0 spiro atoms. The Morgan fingerprint density at radius 3 is 3.00 bits per heavy atom. The van der Waals surface area contributed by atoms with Crippen LogP contribution < -0.4 is 0 Å². The predicted octanol–water partition coefficient (Wildman–Crippen LogP) is 3.58. The molecule has 1 heterocycles. The van der Waals surface area contributed by atoms with E-state index in [9.17, 15) is 0 Å². The Bertz CT molecular complexity index is 418. The molecule has 0 amide bonds. The number of hydrogen-bond donors (Lipinski definition) is 0. The summed E-state index contributed by atoms with van der Waals surface area (Å²) >= 11 is 3.48. The predicted molar refractivity (Wildman–Crippen MR) is 60.8 cm³/mol. The lowest BCUT2D eigenvalue weighted by atomic mass is 10.2. The Hall–Kier alpha value is -0.540. The van der Waals surface area contributed by atoms with E-state index in [2.05, 4.69) is 36.4 Å². The third kappa shape index (κ3) is 1.71. The highest BCUT2D eigenvalue weighted by atomic mass is 32.2. The molecule has 3 heteroatoms. The van der Waals surface area contributed by atoms with Gasteiger partial charge in [0.25, 0.3) is 0 Å². The van der Waals surface area contributed by atoms with Gasteiger partial charge < -0.3 is 0 Å². The second kappa shape index (κ2) is 3.68. The molecule has 13 heavy (non-hydrogen) atoms. The van der Waals surface area contributed by atoms with E-state index >= 15 is 0 Å². The van der Waals surface area contributed by atoms with Gasteiger partial charge >= 0.3 is 0 Å². The molecule has 0 radical (unpaired) electrons. The van der Waals surface area contributed by atoms with Gasteiger partial charge in [-0.3, -0.25) is 0 Å². The molecule has 1 nitrogen and oxygen atoms in total. The van der Waals surface area contributed by atoms with Gasteiger partial charge in [0, 0.05) is 0 Å². The average molecular weight is 209 g/mol. The van der Waals surface area contributed by atoms with Crippen LogP contribution in [0, 0.1) is 0 Å². The third-order valence-electron chi connectivity index (χ3n) is 2.02. The summed E-state index contributed by atoms with van der Waals surface area (Å²) in [6, 6.07) is 6.54. The van der Waals surface area contributed by atoms with E-state index in [1.165, 1.54) is 10.3 Å². The van der Waals surface area contributed by atoms with Crippen molar-refractivity contribution < 1.29 is 0 Å². The number of aryl methyl sites for hydroxylation is 1. The third-order valence-corrected chi connectivity index (χ3v) is 4.04. The average Bonchev–Trinajstić information content (AvgIpc) is 2.58. The molecule has 1 aromatic carbocycles. The van der Waals surface area contributed by atoms with Crippen molar-refractivity contribution >= 4 is 33.3 Å². The number of thioether (sulfide) groups is 1. The molecular weight excluding hydrogens is 198 g/mol. The minimum atomic E-state index is 1.09. The van der Waals surface area contributed by atoms with Gasteiger partial charge in [-0.15, -0.1) is 11.3 Å². The summed E-state index contributed by atoms with van der Waals surface area (Å²) in [5.74, 6) is 0. The fraction of sp³-hybridized carbons (Fsp3) is 0.300. The Kier molecular flexibility index (Phi) is 2.56. The number of aromatic nitrogens is 1. The number of fused-ring (bicyclic) bond motifs is 1. The van der Waals surface area contributed by atoms with Crippen molar-refractivity contribution in [3.8, 4) is 0 Å². The molecule has 2 aromatic rings. The topological polar surface area (TPSA) is 12.9 Å². The van der Waals surface area contributed by atoms with Crippen molar-refractivity contribution in [3.63, 3.8) is 0 Å². The molecule has 1 aromatic heterocycles. The van der Waals surface area contributed by atoms with Crippen LogP contribution in [0.4, 0.5) is 0 Å². The molecule has 68 valence electrons. The standard InChI is InChI=1S/C10H11NS2/c1-3-7-4-5-9-8(6-7)11-10(12-2)13-9/h4-6H,3H2,1-2H3. The summed E-state index contributed by atoms with van der Waals surface area (Å²) in [4.78, 5) is 4.52. The SMILES string of the molecule is CCc1ccc2sc(SC)nc2c1. The van der Waals surface area contributed by atoms with E-state index in [1.54, 1.807) is 23.1 Å². The van der Waals surface area contributed by atoms with E-state index in [0.717, 1.165) is 16.3 Å². The molecule has 0 aliphatic rings. The maximum absolute atomic E-state index is 4.52. The molecule has 0 N–H and O–H groups in total. The zero-order chi connectivity index (χ0) is 9.26. The normalized spacial score (nSPS) is 10.9. The van der Waals surface area contributed by atoms with Gasteiger partial charge in [-0.25, -0.2) is 4.98 Å². The molecule has 0 unspecified atom stereocenters. The zero-order valence-corrected chi connectivity index (χ0v) is 9.34. The maximum atomic E-state index is 4.52. The second-order valence-corrected chi connectivity index (χ2v) is 4.92. The fourth-order valence-corrected chi connectivity index (χ4v) is 2.73. The van der Waals surface area contributed by atoms with Crippen LogP contribution in [-0.2, 0) is 6.42 Å². The Balaban J connectivity index is 2.57. The van der Waals surface area contributed by atoms with Crippen molar-refractivity contribution in [2.24, 2.45) is 0 Å². The van der Waals surface area contributed by atoms with Crippen molar-refractivity contribution in [2.45, 2.75) is 17.7 Å². The van der Waals surface area contributed by atoms with Crippen LogP contribution >= 0.6 is 23.1 Å². The number of benzene rings is 1. The van der Waals surface area contributed by atoms with Gasteiger partial charge in [0.2, 0.25) is 0 Å². The molecule has 0 fully saturated rings. The highest BCUT2D eigenvalue weighted by Crippen LogP contribution is 2.28. The second-order valence-electron chi connectivity index (χ2n) is 2.84. The van der Waals surface area contributed by atoms with Gasteiger partial charge in [-0.1, -0.05) is 24.8 Å². The molecule has 2 rings (SSSR count). The summed E-state index contributed by atoms with van der Waals surface area (Å²) < 4.78 is 2.45. The zero-order valence-electron chi connectivity index (χ0n) is 7.70. The van der Waals surface area contributed by atoms with Gasteiger partial charge in [0.1, 0.15) is 0 Å². The lowest BCUT2D eigenvalue weighted by Crippen LogP contribution is -1.77. The first-order valence-corrected chi connectivity index (χ1v) is 6.31. The first-order chi connectivity index (χ1) is 6.33. The van der Waals surface area contributed by atoms with Gasteiger partial charge in [-0.05, 0) is 30.4 Å². The maximum Gasteiger partial charge on any atom is 0.150 e. The van der Waals surface area contributed by atoms with Crippen LogP contribution in [0.1, 0.15) is 12.5 Å². The van der Waals surface area contributed by atoms with Crippen LogP contribution in [0.25, 0.3) is 10.2 Å². The van der Waals surface area contributed by atoms with Crippen LogP contribution in [0.15, 0.2) is 22.5 Å². The molecule has 0 saturated heterocycles. The van der Waals surface area contributed by atoms with E-state index in [4.69, 9.17) is 0 Å². The Morgan fingerprint density at radius 1 is 1.46 bits per heavy atom. The smallest absolute Gasteiger partial charge is 0.150 e. The molecule has 0 aliphatic carbocycles. The van der Waals surface area contributed by atoms with Crippen LogP contribution in [0.3, 0.4) is 0 Å². The van der Waals surface area contributed by atoms with Crippen LogP contribution in [0.2, 0.25) is 0 Å². The van der Waals surface area contributed by atoms with Crippen LogP contribution in [0.5, 0.6) is 0 Å². The minimum absolute atomic E-state index is 1.09. The number of thiazole rings is 1. The van der Waals surface area contributed by atoms with Crippen molar-refractivity contribution in [2.75, 3.05) is 6.26 Å². The monoisotopic (exact) mass is 209 g/mol. The van der Waals surface area contributed by atoms with E-state index in [1.807, 2.05) is 0 Å². The molecule has 0 atom stereocenters. The van der Waals surface area contributed by atoms with Crippen LogP contribution in [-0.4, -0.2) is 11.2 Å². The molecule has 0 saturated carbocycles. The van der Waals surface area contributed by atoms with E-state index < -0.39 is 0 Å². The molecule has 0 aliphatic heterocycles. The van der Waals surface area contributed by atoms with Crippen molar-refractivity contribution in [3.05, 3.63) is 23.8 Å². The highest BCUT2D eigenvalue weighted by Gasteiger charge is 2.02. The van der Waals surface area contributed by atoms with Gasteiger partial charge in [0.05, 0.1) is 10.2 Å². The molecule has 0 bridgehead atoms. The first-order valence-electron chi connectivity index (χ1n) is 4.27. The highest BCUT2D eigenvalue weighted by molar-refractivity contribution is 8.00. The number of rotatable bonds is 2. The summed E-state index contributed by atoms with van der Waals surface area (Å²) in [5, 5.41) is 0. The summed E-state index contributed by atoms with van der Waals surface area (Å²) in [5.41, 5.74) is 2.51. The minimum Gasteiger partial charge on any atom is -0.230 e. The summed E-state index contributed by atoms with van der Waals surface area (Å²) in [7, 11) is 0. The number of hydrogen-bond acceptors (Lipinski definition) is 3. The Labute approximate surface area is 86.2 Å². The van der Waals surface area contributed by atoms with Gasteiger partial charge in [-0.2, -0.15) is 0 Å². The number of nitrogens with zero attached hydrogens (tertiary/aromatic N) is 1. The Morgan fingerprint density at radius 2 is 2.31 bits per heavy atom. The first kappa shape index (κ1) is 9.03. The lowest BCUT2D eigenvalue weighted by Gasteiger charge is -1.93. The van der Waals surface area contributed by atoms with Crippen molar-refractivity contribution in [1.82, 2.24) is 4.98 Å². The summed E-state index contributed by atoms with van der Waals surface area (Å²) in [6.07, 6.45) is 3.15. The fourth-order valence-electron chi connectivity index (χ4n) is 1.26.